The van der Waals surface area contributed by atoms with Crippen LogP contribution in [-0.2, 0) is 17.9 Å². The van der Waals surface area contributed by atoms with Gasteiger partial charge in [0.1, 0.15) is 13.1 Å². The zero-order valence-corrected chi connectivity index (χ0v) is 15.2. The first-order valence-electron chi connectivity index (χ1n) is 7.84. The van der Waals surface area contributed by atoms with Gasteiger partial charge in [0.2, 0.25) is 0 Å². The predicted octanol–water partition coefficient (Wildman–Crippen LogP) is 3.45. The first kappa shape index (κ1) is 18.6. The Bertz CT molecular complexity index is 831. The molecule has 2 heterocycles. The number of carbonyl (C=O) groups excluding carboxylic acids is 1. The van der Waals surface area contributed by atoms with Crippen molar-refractivity contribution in [2.45, 2.75) is 13.1 Å². The molecule has 0 saturated heterocycles. The fourth-order valence-corrected chi connectivity index (χ4v) is 4.10. The molecule has 3 rings (SSSR count). The number of halogens is 3. The van der Waals surface area contributed by atoms with Gasteiger partial charge < -0.3 is 10.2 Å². The molecule has 3 aromatic rings. The smallest absolute Gasteiger partial charge is 0.279 e. The quantitative estimate of drug-likeness (QED) is 0.589. The highest BCUT2D eigenvalue weighted by Gasteiger charge is 2.20. The molecule has 8 heteroatoms. The van der Waals surface area contributed by atoms with Crippen molar-refractivity contribution in [3.63, 3.8) is 0 Å². The van der Waals surface area contributed by atoms with Gasteiger partial charge in [-0.05, 0) is 35.0 Å². The molecular weight excluding hydrogens is 381 g/mol. The van der Waals surface area contributed by atoms with E-state index in [1.54, 1.807) is 22.7 Å². The van der Waals surface area contributed by atoms with Crippen molar-refractivity contribution in [1.82, 2.24) is 0 Å². The molecule has 0 spiro atoms. The van der Waals surface area contributed by atoms with Gasteiger partial charge in [-0.15, -0.1) is 22.7 Å². The number of amides is 1. The Hall–Kier alpha value is -2.16. The summed E-state index contributed by atoms with van der Waals surface area (Å²) < 4.78 is 40.0. The minimum atomic E-state index is -1.59. The summed E-state index contributed by atoms with van der Waals surface area (Å²) in [6, 6.07) is 9.68. The average molecular weight is 397 g/mol. The van der Waals surface area contributed by atoms with Gasteiger partial charge in [0.15, 0.2) is 24.0 Å². The lowest BCUT2D eigenvalue weighted by molar-refractivity contribution is -0.918. The van der Waals surface area contributed by atoms with E-state index in [1.807, 2.05) is 35.0 Å². The lowest BCUT2D eigenvalue weighted by atomic mass is 10.2. The molecular formula is C18H16F3N2OS2+. The third-order valence-corrected chi connectivity index (χ3v) is 5.48. The number of hydrogen-bond acceptors (Lipinski definition) is 3. The highest BCUT2D eigenvalue weighted by molar-refractivity contribution is 7.10. The number of rotatable bonds is 7. The molecule has 0 aliphatic rings. The minimum Gasteiger partial charge on any atom is -0.319 e. The van der Waals surface area contributed by atoms with E-state index in [1.165, 1.54) is 0 Å². The summed E-state index contributed by atoms with van der Waals surface area (Å²) in [6.45, 7) is 1.36. The second kappa shape index (κ2) is 8.48. The van der Waals surface area contributed by atoms with Gasteiger partial charge in [0.05, 0.1) is 15.4 Å². The molecule has 0 aliphatic heterocycles. The topological polar surface area (TPSA) is 33.5 Å². The van der Waals surface area contributed by atoms with Crippen LogP contribution in [0.3, 0.4) is 0 Å². The summed E-state index contributed by atoms with van der Waals surface area (Å²) in [6.07, 6.45) is 0. The van der Waals surface area contributed by atoms with Gasteiger partial charge in [0, 0.05) is 0 Å². The van der Waals surface area contributed by atoms with Crippen LogP contribution < -0.4 is 10.2 Å². The second-order valence-corrected chi connectivity index (χ2v) is 7.77. The summed E-state index contributed by atoms with van der Waals surface area (Å²) in [4.78, 5) is 15.5. The number of carbonyl (C=O) groups is 1. The maximum Gasteiger partial charge on any atom is 0.279 e. The third kappa shape index (κ3) is 4.72. The number of anilines is 1. The summed E-state index contributed by atoms with van der Waals surface area (Å²) in [5.41, 5.74) is -0.361. The summed E-state index contributed by atoms with van der Waals surface area (Å²) >= 11 is 3.20. The Labute approximate surface area is 156 Å². The van der Waals surface area contributed by atoms with Gasteiger partial charge in [-0.1, -0.05) is 12.1 Å². The van der Waals surface area contributed by atoms with Crippen molar-refractivity contribution in [3.05, 3.63) is 74.4 Å². The first-order valence-corrected chi connectivity index (χ1v) is 9.60. The van der Waals surface area contributed by atoms with E-state index in [0.717, 1.165) is 26.8 Å². The van der Waals surface area contributed by atoms with Crippen molar-refractivity contribution < 1.29 is 22.9 Å². The number of thiophene rings is 2. The molecule has 0 bridgehead atoms. The van der Waals surface area contributed by atoms with Gasteiger partial charge in [-0.25, -0.2) is 13.2 Å². The van der Waals surface area contributed by atoms with E-state index in [9.17, 15) is 18.0 Å². The van der Waals surface area contributed by atoms with Crippen LogP contribution in [0.4, 0.5) is 18.9 Å². The Kier molecular flexibility index (Phi) is 6.08. The highest BCUT2D eigenvalue weighted by atomic mass is 32.1. The van der Waals surface area contributed by atoms with Crippen molar-refractivity contribution in [2.75, 3.05) is 11.9 Å². The van der Waals surface area contributed by atoms with E-state index in [-0.39, 0.29) is 12.2 Å². The van der Waals surface area contributed by atoms with Crippen LogP contribution >= 0.6 is 22.7 Å². The van der Waals surface area contributed by atoms with E-state index in [2.05, 4.69) is 5.32 Å². The first-order chi connectivity index (χ1) is 12.5. The molecule has 1 amide bonds. The maximum atomic E-state index is 13.7. The van der Waals surface area contributed by atoms with Crippen LogP contribution in [0.5, 0.6) is 0 Å². The number of nitrogens with one attached hydrogen (secondary N) is 2. The van der Waals surface area contributed by atoms with Crippen LogP contribution in [-0.4, -0.2) is 12.5 Å². The maximum absolute atomic E-state index is 13.7. The lowest BCUT2D eigenvalue weighted by Gasteiger charge is -2.18. The SMILES string of the molecule is O=C(C[NH+](Cc1cccs1)Cc1cccs1)Nc1ccc(F)c(F)c1F. The Balaban J connectivity index is 1.69. The molecule has 26 heavy (non-hydrogen) atoms. The molecule has 136 valence electrons. The molecule has 0 atom stereocenters. The number of hydrogen-bond donors (Lipinski definition) is 2. The van der Waals surface area contributed by atoms with Crippen molar-refractivity contribution >= 4 is 34.3 Å². The largest absolute Gasteiger partial charge is 0.319 e. The lowest BCUT2D eigenvalue weighted by Crippen LogP contribution is -3.10. The van der Waals surface area contributed by atoms with Crippen LogP contribution in [0.1, 0.15) is 9.75 Å². The Morgan fingerprint density at radius 1 is 0.923 bits per heavy atom. The van der Waals surface area contributed by atoms with Gasteiger partial charge in [0.25, 0.3) is 5.91 Å². The third-order valence-electron chi connectivity index (χ3n) is 3.73. The van der Waals surface area contributed by atoms with Crippen LogP contribution in [0.2, 0.25) is 0 Å². The fraction of sp³-hybridized carbons (Fsp3) is 0.167. The zero-order valence-electron chi connectivity index (χ0n) is 13.6. The Morgan fingerprint density at radius 2 is 1.54 bits per heavy atom. The molecule has 0 aliphatic carbocycles. The molecule has 0 fully saturated rings. The second-order valence-electron chi connectivity index (χ2n) is 5.71. The number of quaternary nitrogens is 1. The van der Waals surface area contributed by atoms with E-state index < -0.39 is 23.4 Å². The number of benzene rings is 1. The molecule has 0 saturated carbocycles. The predicted molar refractivity (Wildman–Crippen MR) is 96.8 cm³/mol. The van der Waals surface area contributed by atoms with Gasteiger partial charge >= 0.3 is 0 Å². The van der Waals surface area contributed by atoms with Crippen molar-refractivity contribution in [2.24, 2.45) is 0 Å². The highest BCUT2D eigenvalue weighted by Crippen LogP contribution is 2.19. The monoisotopic (exact) mass is 397 g/mol. The van der Waals surface area contributed by atoms with Crippen LogP contribution in [0.15, 0.2) is 47.2 Å². The minimum absolute atomic E-state index is 0.0776. The molecule has 0 unspecified atom stereocenters. The average Bonchev–Trinajstić information content (AvgIpc) is 3.29. The van der Waals surface area contributed by atoms with Gasteiger partial charge in [-0.2, -0.15) is 0 Å². The van der Waals surface area contributed by atoms with Crippen LogP contribution in [0.25, 0.3) is 0 Å². The normalized spacial score (nSPS) is 11.1. The molecule has 0 radical (unpaired) electrons. The molecule has 2 N–H and O–H groups in total. The summed E-state index contributed by atoms with van der Waals surface area (Å²) in [5.74, 6) is -4.73. The van der Waals surface area contributed by atoms with E-state index in [4.69, 9.17) is 0 Å². The summed E-state index contributed by atoms with van der Waals surface area (Å²) in [7, 11) is 0. The van der Waals surface area contributed by atoms with Crippen molar-refractivity contribution in [1.29, 1.82) is 0 Å². The summed E-state index contributed by atoms with van der Waals surface area (Å²) in [5, 5.41) is 6.27. The zero-order chi connectivity index (χ0) is 18.5. The molecule has 1 aromatic carbocycles. The molecule has 2 aromatic heterocycles. The van der Waals surface area contributed by atoms with Crippen molar-refractivity contribution in [3.8, 4) is 0 Å². The fourth-order valence-electron chi connectivity index (χ4n) is 2.55. The van der Waals surface area contributed by atoms with E-state index >= 15 is 0 Å². The van der Waals surface area contributed by atoms with Crippen LogP contribution in [0, 0.1) is 17.5 Å². The van der Waals surface area contributed by atoms with Gasteiger partial charge in [-0.3, -0.25) is 4.79 Å². The molecule has 3 nitrogen and oxygen atoms in total. The Morgan fingerprint density at radius 3 is 2.08 bits per heavy atom. The van der Waals surface area contributed by atoms with E-state index in [0.29, 0.717) is 13.1 Å². The standard InChI is InChI=1S/C18H15F3N2OS2/c19-14-5-6-15(18(21)17(14)20)22-16(24)11-23(9-12-3-1-7-25-12)10-13-4-2-8-26-13/h1-8H,9-11H2,(H,22,24)/p+1.